The Kier molecular flexibility index (Phi) is 12.0. The van der Waals surface area contributed by atoms with Gasteiger partial charge in [-0.25, -0.2) is 4.79 Å². The second-order valence-electron chi connectivity index (χ2n) is 6.51. The summed E-state index contributed by atoms with van der Waals surface area (Å²) in [6.07, 6.45) is 14.9. The van der Waals surface area contributed by atoms with Crippen molar-refractivity contribution in [3.8, 4) is 0 Å². The quantitative estimate of drug-likeness (QED) is 0.268. The first-order valence-corrected chi connectivity index (χ1v) is 8.55. The fourth-order valence-corrected chi connectivity index (χ4v) is 2.22. The van der Waals surface area contributed by atoms with E-state index in [-0.39, 0.29) is 5.97 Å². The summed E-state index contributed by atoms with van der Waals surface area (Å²) in [6, 6.07) is 0. The largest absolute Gasteiger partial charge is 0.466 e. The van der Waals surface area contributed by atoms with Gasteiger partial charge in [-0.3, -0.25) is 0 Å². The number of rotatable bonds is 10. The predicted molar refractivity (Wildman–Crippen MR) is 100 cm³/mol. The number of carbonyl (C=O) groups is 1. The summed E-state index contributed by atoms with van der Waals surface area (Å²) in [5, 5.41) is 0. The van der Waals surface area contributed by atoms with Crippen LogP contribution < -0.4 is 0 Å². The van der Waals surface area contributed by atoms with Crippen LogP contribution in [0.4, 0.5) is 0 Å². The van der Waals surface area contributed by atoms with Crippen molar-refractivity contribution in [2.24, 2.45) is 0 Å². The lowest BCUT2D eigenvalue weighted by Gasteiger charge is -2.02. The van der Waals surface area contributed by atoms with Crippen molar-refractivity contribution in [3.63, 3.8) is 0 Å². The number of esters is 1. The summed E-state index contributed by atoms with van der Waals surface area (Å²) in [6.45, 7) is 10.7. The Hall–Kier alpha value is -1.57. The fraction of sp³-hybridized carbons (Fsp3) is 0.571. The Morgan fingerprint density at radius 3 is 1.61 bits per heavy atom. The van der Waals surface area contributed by atoms with Crippen LogP contribution >= 0.6 is 0 Å². The highest BCUT2D eigenvalue weighted by Gasteiger charge is 1.96. The van der Waals surface area contributed by atoms with Gasteiger partial charge >= 0.3 is 5.97 Å². The van der Waals surface area contributed by atoms with Gasteiger partial charge in [0.2, 0.25) is 0 Å². The molecule has 0 bridgehead atoms. The zero-order chi connectivity index (χ0) is 17.7. The molecule has 0 fully saturated rings. The van der Waals surface area contributed by atoms with Crippen molar-refractivity contribution in [3.05, 3.63) is 46.6 Å². The lowest BCUT2D eigenvalue weighted by molar-refractivity contribution is -0.134. The van der Waals surface area contributed by atoms with E-state index in [1.54, 1.807) is 6.08 Å². The number of ether oxygens (including phenoxy) is 1. The molecule has 0 aliphatic rings. The molecule has 23 heavy (non-hydrogen) atoms. The summed E-state index contributed by atoms with van der Waals surface area (Å²) in [4.78, 5) is 11.1. The van der Waals surface area contributed by atoms with Gasteiger partial charge in [0, 0.05) is 6.08 Å². The molecular formula is C21H34O2. The molecule has 0 aromatic carbocycles. The summed E-state index contributed by atoms with van der Waals surface area (Å²) in [7, 11) is 1.41. The van der Waals surface area contributed by atoms with Crippen LogP contribution in [0.1, 0.15) is 73.1 Å². The first-order chi connectivity index (χ1) is 10.8. The van der Waals surface area contributed by atoms with Crippen LogP contribution in [-0.2, 0) is 9.53 Å². The van der Waals surface area contributed by atoms with E-state index in [0.29, 0.717) is 0 Å². The van der Waals surface area contributed by atoms with Gasteiger partial charge < -0.3 is 4.74 Å². The highest BCUT2D eigenvalue weighted by atomic mass is 16.5. The highest BCUT2D eigenvalue weighted by Crippen LogP contribution is 2.13. The summed E-state index contributed by atoms with van der Waals surface area (Å²) < 4.78 is 4.62. The molecule has 0 radical (unpaired) electrons. The molecule has 0 atom stereocenters. The first-order valence-electron chi connectivity index (χ1n) is 8.55. The highest BCUT2D eigenvalue weighted by molar-refractivity contribution is 5.82. The Morgan fingerprint density at radius 2 is 1.17 bits per heavy atom. The van der Waals surface area contributed by atoms with Gasteiger partial charge in [0.15, 0.2) is 0 Å². The molecule has 0 unspecified atom stereocenters. The van der Waals surface area contributed by atoms with Gasteiger partial charge in [0.25, 0.3) is 0 Å². The SMILES string of the molecule is COC(=O)C=C(C)CCC=C(C)CCC=C(C)CCC=C(C)C. The molecule has 0 aliphatic heterocycles. The zero-order valence-electron chi connectivity index (χ0n) is 15.9. The van der Waals surface area contributed by atoms with Crippen LogP contribution in [0, 0.1) is 0 Å². The second-order valence-corrected chi connectivity index (χ2v) is 6.51. The number of methoxy groups -OCH3 is 1. The van der Waals surface area contributed by atoms with Gasteiger partial charge in [-0.15, -0.1) is 0 Å². The van der Waals surface area contributed by atoms with E-state index >= 15 is 0 Å². The van der Waals surface area contributed by atoms with E-state index in [1.165, 1.54) is 23.8 Å². The normalized spacial score (nSPS) is 13.0. The number of hydrogen-bond acceptors (Lipinski definition) is 2. The number of carbonyl (C=O) groups excluding carboxylic acids is 1. The molecule has 0 rings (SSSR count). The number of hydrogen-bond donors (Lipinski definition) is 0. The molecule has 0 amide bonds. The Labute approximate surface area is 143 Å². The van der Waals surface area contributed by atoms with E-state index in [4.69, 9.17) is 0 Å². The average Bonchev–Trinajstić information content (AvgIpc) is 2.46. The standard InChI is InChI=1S/C21H34O2/c1-17(2)10-7-11-18(3)12-8-13-19(4)14-9-15-20(5)16-21(22)23-6/h10,12,14,16H,7-9,11,13,15H2,1-6H3. The smallest absolute Gasteiger partial charge is 0.330 e. The molecule has 0 N–H and O–H groups in total. The third kappa shape index (κ3) is 13.8. The maximum atomic E-state index is 11.1. The Bertz CT molecular complexity index is 472. The predicted octanol–water partition coefficient (Wildman–Crippen LogP) is 6.31. The van der Waals surface area contributed by atoms with E-state index in [1.807, 2.05) is 6.92 Å². The number of allylic oxidation sites excluding steroid dienone is 7. The molecule has 0 aromatic rings. The lowest BCUT2D eigenvalue weighted by Crippen LogP contribution is -1.95. The average molecular weight is 319 g/mol. The molecule has 0 aliphatic carbocycles. The molecule has 2 nitrogen and oxygen atoms in total. The van der Waals surface area contributed by atoms with Crippen LogP contribution in [-0.4, -0.2) is 13.1 Å². The molecule has 0 heterocycles. The molecular weight excluding hydrogens is 284 g/mol. The molecule has 0 aromatic heterocycles. The third-order valence-corrected chi connectivity index (χ3v) is 3.72. The minimum absolute atomic E-state index is 0.267. The van der Waals surface area contributed by atoms with E-state index in [9.17, 15) is 4.79 Å². The van der Waals surface area contributed by atoms with Crippen molar-refractivity contribution in [1.82, 2.24) is 0 Å². The van der Waals surface area contributed by atoms with Crippen LogP contribution in [0.3, 0.4) is 0 Å². The van der Waals surface area contributed by atoms with Gasteiger partial charge in [-0.05, 0) is 73.1 Å². The summed E-state index contributed by atoms with van der Waals surface area (Å²) in [5.74, 6) is -0.267. The molecule has 0 spiro atoms. The van der Waals surface area contributed by atoms with Gasteiger partial charge in [0.05, 0.1) is 7.11 Å². The maximum Gasteiger partial charge on any atom is 0.330 e. The molecule has 0 saturated heterocycles. The van der Waals surface area contributed by atoms with Gasteiger partial charge in [0.1, 0.15) is 0 Å². The third-order valence-electron chi connectivity index (χ3n) is 3.72. The first kappa shape index (κ1) is 21.4. The van der Waals surface area contributed by atoms with Crippen LogP contribution in [0.2, 0.25) is 0 Å². The van der Waals surface area contributed by atoms with E-state index in [0.717, 1.165) is 44.1 Å². The van der Waals surface area contributed by atoms with Gasteiger partial charge in [-0.2, -0.15) is 0 Å². The monoisotopic (exact) mass is 318 g/mol. The van der Waals surface area contributed by atoms with E-state index < -0.39 is 0 Å². The molecule has 130 valence electrons. The minimum Gasteiger partial charge on any atom is -0.466 e. The van der Waals surface area contributed by atoms with Gasteiger partial charge in [-0.1, -0.05) is 40.5 Å². The van der Waals surface area contributed by atoms with E-state index in [2.05, 4.69) is 50.7 Å². The van der Waals surface area contributed by atoms with Crippen LogP contribution in [0.5, 0.6) is 0 Å². The van der Waals surface area contributed by atoms with Crippen molar-refractivity contribution >= 4 is 5.97 Å². The minimum atomic E-state index is -0.267. The van der Waals surface area contributed by atoms with Crippen molar-refractivity contribution < 1.29 is 9.53 Å². The fourth-order valence-electron chi connectivity index (χ4n) is 2.22. The summed E-state index contributed by atoms with van der Waals surface area (Å²) >= 11 is 0. The topological polar surface area (TPSA) is 26.3 Å². The lowest BCUT2D eigenvalue weighted by atomic mass is 10.0. The van der Waals surface area contributed by atoms with Crippen LogP contribution in [0.15, 0.2) is 46.6 Å². The Morgan fingerprint density at radius 1 is 0.739 bits per heavy atom. The van der Waals surface area contributed by atoms with Crippen molar-refractivity contribution in [2.45, 2.75) is 73.1 Å². The van der Waals surface area contributed by atoms with Crippen LogP contribution in [0.25, 0.3) is 0 Å². The Balaban J connectivity index is 4.05. The molecule has 0 saturated carbocycles. The van der Waals surface area contributed by atoms with Crippen molar-refractivity contribution in [2.75, 3.05) is 7.11 Å². The molecule has 2 heteroatoms. The zero-order valence-corrected chi connectivity index (χ0v) is 15.9. The second kappa shape index (κ2) is 12.9. The maximum absolute atomic E-state index is 11.1. The van der Waals surface area contributed by atoms with Crippen molar-refractivity contribution in [1.29, 1.82) is 0 Å². The summed E-state index contributed by atoms with van der Waals surface area (Å²) in [5.41, 5.74) is 5.36.